The largest absolute Gasteiger partial charge is 0.493 e. The van der Waals surface area contributed by atoms with E-state index >= 15 is 0 Å². The van der Waals surface area contributed by atoms with E-state index in [9.17, 15) is 4.79 Å². The van der Waals surface area contributed by atoms with E-state index in [1.165, 1.54) is 6.92 Å². The summed E-state index contributed by atoms with van der Waals surface area (Å²) in [6, 6.07) is 7.68. The molecule has 0 heterocycles. The summed E-state index contributed by atoms with van der Waals surface area (Å²) in [6.45, 7) is 1.52. The van der Waals surface area contributed by atoms with Gasteiger partial charge in [-0.1, -0.05) is 6.07 Å². The summed E-state index contributed by atoms with van der Waals surface area (Å²) in [5.74, 6) is 7.31. The third-order valence-corrected chi connectivity index (χ3v) is 4.85. The molecule has 0 unspecified atom stereocenters. The predicted octanol–water partition coefficient (Wildman–Crippen LogP) is 2.79. The number of nitrogens with two attached hydrogens (primary N) is 1. The zero-order valence-corrected chi connectivity index (χ0v) is 16.0. The van der Waals surface area contributed by atoms with Crippen LogP contribution in [0.25, 0.3) is 11.1 Å². The summed E-state index contributed by atoms with van der Waals surface area (Å²) < 4.78 is 16.8. The van der Waals surface area contributed by atoms with Crippen LogP contribution in [0.2, 0.25) is 0 Å². The zero-order valence-electron chi connectivity index (χ0n) is 16.0. The molecule has 0 saturated carbocycles. The number of aryl methyl sites for hydroxylation is 1. The second kappa shape index (κ2) is 7.75. The van der Waals surface area contributed by atoms with Gasteiger partial charge in [-0.05, 0) is 47.7 Å². The third-order valence-electron chi connectivity index (χ3n) is 4.85. The number of nitrogen functional groups attached to an aromatic ring is 1. The van der Waals surface area contributed by atoms with Crippen molar-refractivity contribution in [2.75, 3.05) is 26.8 Å². The summed E-state index contributed by atoms with van der Waals surface area (Å²) in [5, 5.41) is 3.05. The minimum Gasteiger partial charge on any atom is -0.493 e. The van der Waals surface area contributed by atoms with Crippen molar-refractivity contribution >= 4 is 11.6 Å². The molecule has 27 heavy (non-hydrogen) atoms. The zero-order chi connectivity index (χ0) is 19.6. The molecule has 0 aromatic heterocycles. The molecule has 1 aliphatic rings. The van der Waals surface area contributed by atoms with Crippen LogP contribution in [-0.2, 0) is 11.2 Å². The van der Waals surface area contributed by atoms with Crippen molar-refractivity contribution in [3.8, 4) is 28.4 Å². The summed E-state index contributed by atoms with van der Waals surface area (Å²) in [6.07, 6.45) is 1.49. The number of methoxy groups -OCH3 is 3. The summed E-state index contributed by atoms with van der Waals surface area (Å²) in [5.41, 5.74) is 7.42. The van der Waals surface area contributed by atoms with E-state index in [0.717, 1.165) is 40.8 Å². The van der Waals surface area contributed by atoms with E-state index in [0.29, 0.717) is 17.2 Å². The summed E-state index contributed by atoms with van der Waals surface area (Å²) in [7, 11) is 4.81. The molecule has 144 valence electrons. The lowest BCUT2D eigenvalue weighted by Gasteiger charge is -2.21. The Kier molecular flexibility index (Phi) is 5.41. The first-order chi connectivity index (χ1) is 13.0. The van der Waals surface area contributed by atoms with Crippen LogP contribution in [0.4, 0.5) is 5.69 Å². The Balaban J connectivity index is 2.30. The van der Waals surface area contributed by atoms with Crippen LogP contribution < -0.4 is 30.8 Å². The molecule has 1 aliphatic carbocycles. The average molecular weight is 371 g/mol. The molecule has 0 spiro atoms. The van der Waals surface area contributed by atoms with Gasteiger partial charge in [0.15, 0.2) is 11.5 Å². The van der Waals surface area contributed by atoms with Crippen molar-refractivity contribution in [3.05, 3.63) is 35.4 Å². The fourth-order valence-corrected chi connectivity index (χ4v) is 3.72. The Hall–Kier alpha value is -2.93. The smallest absolute Gasteiger partial charge is 0.217 e. The number of carbonyl (C=O) groups is 1. The van der Waals surface area contributed by atoms with Crippen LogP contribution in [-0.4, -0.2) is 27.2 Å². The fourth-order valence-electron chi connectivity index (χ4n) is 3.72. The van der Waals surface area contributed by atoms with Crippen molar-refractivity contribution in [3.63, 3.8) is 0 Å². The van der Waals surface area contributed by atoms with Gasteiger partial charge in [0.1, 0.15) is 0 Å². The molecule has 7 nitrogen and oxygen atoms in total. The van der Waals surface area contributed by atoms with Gasteiger partial charge in [0.2, 0.25) is 11.7 Å². The lowest BCUT2D eigenvalue weighted by molar-refractivity contribution is -0.119. The Morgan fingerprint density at radius 2 is 1.85 bits per heavy atom. The Morgan fingerprint density at radius 3 is 2.44 bits per heavy atom. The number of hydrogen-bond donors (Lipinski definition) is 3. The van der Waals surface area contributed by atoms with E-state index in [1.54, 1.807) is 21.3 Å². The Labute approximate surface area is 158 Å². The van der Waals surface area contributed by atoms with Gasteiger partial charge in [0.25, 0.3) is 0 Å². The van der Waals surface area contributed by atoms with E-state index in [-0.39, 0.29) is 11.9 Å². The van der Waals surface area contributed by atoms with Gasteiger partial charge in [-0.2, -0.15) is 0 Å². The van der Waals surface area contributed by atoms with Crippen molar-refractivity contribution in [2.24, 2.45) is 5.84 Å². The number of hydrazine groups is 1. The molecule has 2 aromatic carbocycles. The quantitative estimate of drug-likeness (QED) is 0.553. The van der Waals surface area contributed by atoms with Crippen LogP contribution in [0.3, 0.4) is 0 Å². The molecule has 1 amide bonds. The van der Waals surface area contributed by atoms with Gasteiger partial charge in [0.05, 0.1) is 27.4 Å². The predicted molar refractivity (Wildman–Crippen MR) is 104 cm³/mol. The van der Waals surface area contributed by atoms with E-state index in [2.05, 4.69) is 10.7 Å². The summed E-state index contributed by atoms with van der Waals surface area (Å²) in [4.78, 5) is 11.8. The van der Waals surface area contributed by atoms with Crippen molar-refractivity contribution in [1.82, 2.24) is 5.32 Å². The fraction of sp³-hybridized carbons (Fsp3) is 0.350. The van der Waals surface area contributed by atoms with Crippen LogP contribution in [0.1, 0.15) is 30.5 Å². The maximum absolute atomic E-state index is 11.8. The first-order valence-corrected chi connectivity index (χ1v) is 8.73. The number of nitrogens with one attached hydrogen (secondary N) is 2. The molecule has 3 rings (SSSR count). The Morgan fingerprint density at radius 1 is 1.11 bits per heavy atom. The highest BCUT2D eigenvalue weighted by atomic mass is 16.5. The second-order valence-corrected chi connectivity index (χ2v) is 6.42. The van der Waals surface area contributed by atoms with E-state index < -0.39 is 0 Å². The van der Waals surface area contributed by atoms with Crippen LogP contribution in [0.15, 0.2) is 24.3 Å². The third kappa shape index (κ3) is 3.38. The van der Waals surface area contributed by atoms with Crippen molar-refractivity contribution < 1.29 is 19.0 Å². The SMILES string of the molecule is COc1cc2c(c(OC)c1OC)-c1ccc(NN)cc1[C@@H](NC(C)=O)CC2. The molecule has 2 aromatic rings. The lowest BCUT2D eigenvalue weighted by atomic mass is 9.93. The molecule has 4 N–H and O–H groups in total. The topological polar surface area (TPSA) is 94.8 Å². The van der Waals surface area contributed by atoms with E-state index in [4.69, 9.17) is 20.1 Å². The van der Waals surface area contributed by atoms with Gasteiger partial charge < -0.3 is 25.0 Å². The molecule has 1 atom stereocenters. The highest BCUT2D eigenvalue weighted by molar-refractivity contribution is 5.84. The van der Waals surface area contributed by atoms with Gasteiger partial charge >= 0.3 is 0 Å². The minimum atomic E-state index is -0.139. The van der Waals surface area contributed by atoms with Gasteiger partial charge in [-0.3, -0.25) is 10.6 Å². The van der Waals surface area contributed by atoms with Gasteiger partial charge in [0, 0.05) is 18.2 Å². The highest BCUT2D eigenvalue weighted by Gasteiger charge is 2.29. The molecule has 7 heteroatoms. The molecular formula is C20H25N3O4. The maximum atomic E-state index is 11.8. The molecule has 0 bridgehead atoms. The molecule has 0 fully saturated rings. The number of fused-ring (bicyclic) bond motifs is 3. The lowest BCUT2D eigenvalue weighted by Crippen LogP contribution is -2.26. The number of ether oxygens (including phenoxy) is 3. The Bertz CT molecular complexity index is 867. The van der Waals surface area contributed by atoms with Crippen LogP contribution in [0.5, 0.6) is 17.2 Å². The molecule has 0 saturated heterocycles. The van der Waals surface area contributed by atoms with Crippen molar-refractivity contribution in [2.45, 2.75) is 25.8 Å². The van der Waals surface area contributed by atoms with Crippen LogP contribution >= 0.6 is 0 Å². The monoisotopic (exact) mass is 371 g/mol. The molecule has 0 radical (unpaired) electrons. The van der Waals surface area contributed by atoms with E-state index in [1.807, 2.05) is 24.3 Å². The number of hydrogen-bond acceptors (Lipinski definition) is 6. The number of carbonyl (C=O) groups excluding carboxylic acids is 1. The average Bonchev–Trinajstić information content (AvgIpc) is 2.82. The highest BCUT2D eigenvalue weighted by Crippen LogP contribution is 2.50. The number of rotatable bonds is 5. The molecule has 0 aliphatic heterocycles. The first-order valence-electron chi connectivity index (χ1n) is 8.73. The number of benzene rings is 2. The van der Waals surface area contributed by atoms with Gasteiger partial charge in [-0.15, -0.1) is 0 Å². The normalized spacial score (nSPS) is 15.1. The standard InChI is InChI=1S/C20H25N3O4/c1-11(24)22-16-8-5-12-9-17(25-2)19(26-3)20(27-4)18(12)14-7-6-13(23-21)10-15(14)16/h6-7,9-10,16,23H,5,8,21H2,1-4H3,(H,22,24)/t16-/m0/s1. The second-order valence-electron chi connectivity index (χ2n) is 6.42. The first kappa shape index (κ1) is 18.8. The van der Waals surface area contributed by atoms with Gasteiger partial charge in [-0.25, -0.2) is 0 Å². The van der Waals surface area contributed by atoms with Crippen molar-refractivity contribution in [1.29, 1.82) is 0 Å². The maximum Gasteiger partial charge on any atom is 0.217 e. The minimum absolute atomic E-state index is 0.0786. The number of amides is 1. The van der Waals surface area contributed by atoms with Crippen LogP contribution in [0, 0.1) is 0 Å². The molecular weight excluding hydrogens is 346 g/mol. The number of anilines is 1. The summed E-state index contributed by atoms with van der Waals surface area (Å²) >= 11 is 0.